The van der Waals surface area contributed by atoms with E-state index in [9.17, 15) is 24.0 Å². The largest absolute Gasteiger partial charge is 0.462 e. The molecule has 10 heteroatoms. The number of nitrogens with zero attached hydrogens (tertiary/aromatic N) is 4. The third-order valence-electron chi connectivity index (χ3n) is 6.41. The molecule has 2 saturated heterocycles. The van der Waals surface area contributed by atoms with E-state index in [1.54, 1.807) is 22.8 Å². The molecule has 3 heterocycles. The van der Waals surface area contributed by atoms with Crippen molar-refractivity contribution in [2.75, 3.05) is 39.3 Å². The van der Waals surface area contributed by atoms with Gasteiger partial charge in [0.1, 0.15) is 6.54 Å². The molecule has 2 aliphatic heterocycles. The molecular formula is C24H32N4O6. The first-order valence-corrected chi connectivity index (χ1v) is 11.6. The zero-order valence-corrected chi connectivity index (χ0v) is 20.3. The summed E-state index contributed by atoms with van der Waals surface area (Å²) < 4.78 is 7.23. The molecule has 2 fully saturated rings. The van der Waals surface area contributed by atoms with Gasteiger partial charge in [0.25, 0.3) is 0 Å². The Balaban J connectivity index is 1.64. The molecule has 10 nitrogen and oxygen atoms in total. The smallest absolute Gasteiger partial charge is 0.340 e. The minimum atomic E-state index is -0.413. The molecule has 1 aromatic heterocycles. The molecule has 0 aromatic carbocycles. The Morgan fingerprint density at radius 1 is 0.912 bits per heavy atom. The van der Waals surface area contributed by atoms with E-state index >= 15 is 0 Å². The van der Waals surface area contributed by atoms with Crippen molar-refractivity contribution in [2.24, 2.45) is 0 Å². The lowest BCUT2D eigenvalue weighted by atomic mass is 10.1. The standard InChI is InChI=1S/C24H32N4O6/c1-5-27-16(3)18(23(17(27)4)24(33)34-6-2)7-8-19(29)25-11-13-26(14-12-25)22(32)15-28-20(30)9-10-21(28)31/h7-8H,5-6,9-15H2,1-4H3/b8-7+. The average molecular weight is 473 g/mol. The van der Waals surface area contributed by atoms with Gasteiger partial charge in [0.15, 0.2) is 0 Å². The van der Waals surface area contributed by atoms with E-state index in [1.807, 2.05) is 25.3 Å². The number of esters is 1. The molecule has 0 spiro atoms. The van der Waals surface area contributed by atoms with Gasteiger partial charge in [0.05, 0.1) is 12.2 Å². The number of piperazine rings is 1. The van der Waals surface area contributed by atoms with Crippen molar-refractivity contribution < 1.29 is 28.7 Å². The Morgan fingerprint density at radius 2 is 1.50 bits per heavy atom. The fourth-order valence-corrected chi connectivity index (χ4v) is 4.52. The first-order valence-electron chi connectivity index (χ1n) is 11.6. The summed E-state index contributed by atoms with van der Waals surface area (Å²) in [7, 11) is 0. The second-order valence-electron chi connectivity index (χ2n) is 8.34. The summed E-state index contributed by atoms with van der Waals surface area (Å²) in [5.74, 6) is -1.56. The Labute approximate surface area is 199 Å². The molecule has 0 unspecified atom stereocenters. The number of amides is 4. The van der Waals surface area contributed by atoms with Gasteiger partial charge in [-0.05, 0) is 33.8 Å². The fraction of sp³-hybridized carbons (Fsp3) is 0.542. The highest BCUT2D eigenvalue weighted by Crippen LogP contribution is 2.25. The topological polar surface area (TPSA) is 109 Å². The number of likely N-dealkylation sites (tertiary alicyclic amines) is 1. The monoisotopic (exact) mass is 472 g/mol. The van der Waals surface area contributed by atoms with Gasteiger partial charge in [0, 0.05) is 68.6 Å². The molecule has 0 aliphatic carbocycles. The number of aromatic nitrogens is 1. The number of carbonyl (C=O) groups excluding carboxylic acids is 5. The molecule has 0 atom stereocenters. The van der Waals surface area contributed by atoms with Crippen molar-refractivity contribution in [3.63, 3.8) is 0 Å². The van der Waals surface area contributed by atoms with Crippen LogP contribution in [-0.4, -0.2) is 88.2 Å². The van der Waals surface area contributed by atoms with E-state index in [2.05, 4.69) is 0 Å². The lowest BCUT2D eigenvalue weighted by Crippen LogP contribution is -2.52. The minimum absolute atomic E-state index is 0.152. The van der Waals surface area contributed by atoms with Crippen LogP contribution in [0.4, 0.5) is 0 Å². The van der Waals surface area contributed by atoms with E-state index in [0.29, 0.717) is 43.9 Å². The van der Waals surface area contributed by atoms with Crippen LogP contribution in [0, 0.1) is 13.8 Å². The number of hydrogen-bond donors (Lipinski definition) is 0. The first kappa shape index (κ1) is 25.2. The SMILES string of the molecule is CCOC(=O)c1c(/C=C/C(=O)N2CCN(C(=O)CN3C(=O)CCC3=O)CC2)c(C)n(CC)c1C. The summed E-state index contributed by atoms with van der Waals surface area (Å²) in [6.45, 7) is 9.56. The predicted octanol–water partition coefficient (Wildman–Crippen LogP) is 1.13. The molecule has 0 saturated carbocycles. The van der Waals surface area contributed by atoms with Crippen LogP contribution in [0.25, 0.3) is 6.08 Å². The zero-order valence-electron chi connectivity index (χ0n) is 20.3. The zero-order chi connectivity index (χ0) is 25.0. The van der Waals surface area contributed by atoms with Crippen molar-refractivity contribution >= 4 is 35.7 Å². The predicted molar refractivity (Wildman–Crippen MR) is 124 cm³/mol. The van der Waals surface area contributed by atoms with Crippen LogP contribution in [0.1, 0.15) is 54.0 Å². The molecule has 3 rings (SSSR count). The van der Waals surface area contributed by atoms with E-state index in [0.717, 1.165) is 16.3 Å². The summed E-state index contributed by atoms with van der Waals surface area (Å²) >= 11 is 0. The maximum Gasteiger partial charge on any atom is 0.340 e. The maximum absolute atomic E-state index is 12.8. The van der Waals surface area contributed by atoms with Crippen molar-refractivity contribution in [1.29, 1.82) is 0 Å². The van der Waals surface area contributed by atoms with E-state index < -0.39 is 5.97 Å². The minimum Gasteiger partial charge on any atom is -0.462 e. The van der Waals surface area contributed by atoms with Crippen LogP contribution in [0.5, 0.6) is 0 Å². The molecule has 34 heavy (non-hydrogen) atoms. The van der Waals surface area contributed by atoms with Gasteiger partial charge in [-0.1, -0.05) is 0 Å². The van der Waals surface area contributed by atoms with Gasteiger partial charge < -0.3 is 19.1 Å². The van der Waals surface area contributed by atoms with E-state index in [4.69, 9.17) is 4.74 Å². The summed E-state index contributed by atoms with van der Waals surface area (Å²) in [6, 6.07) is 0. The number of imide groups is 1. The highest BCUT2D eigenvalue weighted by molar-refractivity contribution is 6.04. The number of rotatable bonds is 7. The van der Waals surface area contributed by atoms with Gasteiger partial charge in [-0.15, -0.1) is 0 Å². The lowest BCUT2D eigenvalue weighted by molar-refractivity contribution is -0.146. The molecular weight excluding hydrogens is 440 g/mol. The third-order valence-corrected chi connectivity index (χ3v) is 6.41. The Morgan fingerprint density at radius 3 is 2.06 bits per heavy atom. The third kappa shape index (κ3) is 5.05. The summed E-state index contributed by atoms with van der Waals surface area (Å²) in [4.78, 5) is 65.5. The maximum atomic E-state index is 12.8. The fourth-order valence-electron chi connectivity index (χ4n) is 4.52. The van der Waals surface area contributed by atoms with Crippen LogP contribution in [0.15, 0.2) is 6.08 Å². The van der Waals surface area contributed by atoms with Gasteiger partial charge >= 0.3 is 5.97 Å². The van der Waals surface area contributed by atoms with Gasteiger partial charge in [0.2, 0.25) is 23.6 Å². The average Bonchev–Trinajstić information content (AvgIpc) is 3.26. The van der Waals surface area contributed by atoms with Gasteiger partial charge in [-0.2, -0.15) is 0 Å². The molecule has 184 valence electrons. The number of ether oxygens (including phenoxy) is 1. The first-order chi connectivity index (χ1) is 16.2. The van der Waals surface area contributed by atoms with Crippen LogP contribution >= 0.6 is 0 Å². The number of hydrogen-bond acceptors (Lipinski definition) is 6. The highest BCUT2D eigenvalue weighted by atomic mass is 16.5. The summed E-state index contributed by atoms with van der Waals surface area (Å²) in [6.07, 6.45) is 3.41. The molecule has 1 aromatic rings. The van der Waals surface area contributed by atoms with Crippen LogP contribution in [0.3, 0.4) is 0 Å². The lowest BCUT2D eigenvalue weighted by Gasteiger charge is -2.34. The second kappa shape index (κ2) is 10.7. The molecule has 2 aliphatic rings. The van der Waals surface area contributed by atoms with Crippen molar-refractivity contribution in [3.05, 3.63) is 28.6 Å². The van der Waals surface area contributed by atoms with E-state index in [-0.39, 0.29) is 49.6 Å². The molecule has 0 bridgehead atoms. The van der Waals surface area contributed by atoms with Crippen LogP contribution in [-0.2, 0) is 30.5 Å². The summed E-state index contributed by atoms with van der Waals surface area (Å²) in [5, 5.41) is 0. The van der Waals surface area contributed by atoms with Crippen molar-refractivity contribution in [3.8, 4) is 0 Å². The summed E-state index contributed by atoms with van der Waals surface area (Å²) in [5.41, 5.74) is 2.81. The highest BCUT2D eigenvalue weighted by Gasteiger charge is 2.33. The Hall–Kier alpha value is -3.43. The normalized spacial score (nSPS) is 16.6. The molecule has 4 amide bonds. The van der Waals surface area contributed by atoms with E-state index in [1.165, 1.54) is 6.08 Å². The Kier molecular flexibility index (Phi) is 7.90. The van der Waals surface area contributed by atoms with Gasteiger partial charge in [-0.25, -0.2) is 4.79 Å². The van der Waals surface area contributed by atoms with Crippen molar-refractivity contribution in [1.82, 2.24) is 19.3 Å². The quantitative estimate of drug-likeness (QED) is 0.334. The molecule has 0 N–H and O–H groups in total. The second-order valence-corrected chi connectivity index (χ2v) is 8.34. The molecule has 0 radical (unpaired) electrons. The van der Waals surface area contributed by atoms with Crippen LogP contribution < -0.4 is 0 Å². The van der Waals surface area contributed by atoms with Gasteiger partial charge in [-0.3, -0.25) is 24.1 Å². The number of carbonyl (C=O) groups is 5. The van der Waals surface area contributed by atoms with Crippen LogP contribution in [0.2, 0.25) is 0 Å². The van der Waals surface area contributed by atoms with Crippen molar-refractivity contribution in [2.45, 2.75) is 47.1 Å². The Bertz CT molecular complexity index is 1020.